The Bertz CT molecular complexity index is 281. The molecule has 0 fully saturated rings. The zero-order valence-electron chi connectivity index (χ0n) is 16.8. The van der Waals surface area contributed by atoms with Gasteiger partial charge in [0.1, 0.15) is 6.10 Å². The number of rotatable bonds is 18. The molecule has 0 bridgehead atoms. The second-order valence-electron chi connectivity index (χ2n) is 7.63. The van der Waals surface area contributed by atoms with Gasteiger partial charge in [0.2, 0.25) is 0 Å². The molecule has 0 aliphatic rings. The topological polar surface area (TPSA) is 80.9 Å². The van der Waals surface area contributed by atoms with Crippen LogP contribution in [0.2, 0.25) is 0 Å². The monoisotopic (exact) mass is 360 g/mol. The third-order valence-electron chi connectivity index (χ3n) is 5.21. The van der Waals surface area contributed by atoms with Gasteiger partial charge in [-0.2, -0.15) is 0 Å². The van der Waals surface area contributed by atoms with Crippen LogP contribution in [0.3, 0.4) is 0 Å². The standard InChI is InChI=1S/C21H44O4/c1-3-5-6-7-8-9-10-11-12-13-14-15-16-17-18-19(22)20(23)21(24,25)4-2/h19-20,22-25H,3-18H2,1-2H3. The van der Waals surface area contributed by atoms with Crippen molar-refractivity contribution in [2.24, 2.45) is 0 Å². The van der Waals surface area contributed by atoms with Gasteiger partial charge in [-0.3, -0.25) is 0 Å². The lowest BCUT2D eigenvalue weighted by Gasteiger charge is -2.29. The maximum Gasteiger partial charge on any atom is 0.191 e. The SMILES string of the molecule is CCCCCCCCCCCCCCCCC(O)C(O)C(O)(O)CC. The van der Waals surface area contributed by atoms with Crippen molar-refractivity contribution in [2.75, 3.05) is 0 Å². The molecule has 25 heavy (non-hydrogen) atoms. The lowest BCUT2D eigenvalue weighted by Crippen LogP contribution is -2.48. The average Bonchev–Trinajstić information content (AvgIpc) is 2.61. The van der Waals surface area contributed by atoms with Crippen molar-refractivity contribution in [3.05, 3.63) is 0 Å². The van der Waals surface area contributed by atoms with Crippen LogP contribution in [0.1, 0.15) is 117 Å². The van der Waals surface area contributed by atoms with E-state index in [4.69, 9.17) is 0 Å². The largest absolute Gasteiger partial charge is 0.390 e. The van der Waals surface area contributed by atoms with Gasteiger partial charge in [-0.25, -0.2) is 0 Å². The molecular formula is C21H44O4. The molecule has 0 aliphatic heterocycles. The summed E-state index contributed by atoms with van der Waals surface area (Å²) in [6.45, 7) is 3.83. The van der Waals surface area contributed by atoms with Gasteiger partial charge in [-0.1, -0.05) is 104 Å². The van der Waals surface area contributed by atoms with Crippen molar-refractivity contribution in [2.45, 2.75) is 135 Å². The minimum Gasteiger partial charge on any atom is -0.390 e. The molecule has 4 nitrogen and oxygen atoms in total. The van der Waals surface area contributed by atoms with E-state index in [-0.39, 0.29) is 6.42 Å². The van der Waals surface area contributed by atoms with Crippen LogP contribution < -0.4 is 0 Å². The Morgan fingerprint density at radius 1 is 0.600 bits per heavy atom. The molecule has 0 saturated carbocycles. The van der Waals surface area contributed by atoms with Gasteiger partial charge in [-0.05, 0) is 6.42 Å². The van der Waals surface area contributed by atoms with Crippen LogP contribution >= 0.6 is 0 Å². The Morgan fingerprint density at radius 3 is 1.32 bits per heavy atom. The van der Waals surface area contributed by atoms with Gasteiger partial charge < -0.3 is 20.4 Å². The first kappa shape index (κ1) is 24.8. The highest BCUT2D eigenvalue weighted by molar-refractivity contribution is 4.80. The predicted molar refractivity (Wildman–Crippen MR) is 104 cm³/mol. The number of aliphatic hydroxyl groups excluding tert-OH is 2. The summed E-state index contributed by atoms with van der Waals surface area (Å²) in [5.74, 6) is -2.19. The fourth-order valence-corrected chi connectivity index (χ4v) is 3.22. The molecule has 0 heterocycles. The maximum atomic E-state index is 9.81. The van der Waals surface area contributed by atoms with Crippen molar-refractivity contribution in [1.29, 1.82) is 0 Å². The summed E-state index contributed by atoms with van der Waals surface area (Å²) in [6, 6.07) is 0. The lowest BCUT2D eigenvalue weighted by molar-refractivity contribution is -0.248. The van der Waals surface area contributed by atoms with Crippen LogP contribution in [-0.4, -0.2) is 38.4 Å². The van der Waals surface area contributed by atoms with E-state index in [0.29, 0.717) is 6.42 Å². The molecule has 0 rings (SSSR count). The molecule has 0 radical (unpaired) electrons. The van der Waals surface area contributed by atoms with Crippen LogP contribution in [-0.2, 0) is 0 Å². The number of aliphatic hydroxyl groups is 4. The van der Waals surface area contributed by atoms with Crippen molar-refractivity contribution in [1.82, 2.24) is 0 Å². The Morgan fingerprint density at radius 2 is 0.960 bits per heavy atom. The molecule has 0 aromatic carbocycles. The summed E-state index contributed by atoms with van der Waals surface area (Å²) in [5.41, 5.74) is 0. The van der Waals surface area contributed by atoms with Gasteiger partial charge in [0.15, 0.2) is 5.79 Å². The van der Waals surface area contributed by atoms with Crippen LogP contribution in [0.4, 0.5) is 0 Å². The molecular weight excluding hydrogens is 316 g/mol. The smallest absolute Gasteiger partial charge is 0.191 e. The number of hydrogen-bond donors (Lipinski definition) is 4. The quantitative estimate of drug-likeness (QED) is 0.211. The van der Waals surface area contributed by atoms with E-state index in [2.05, 4.69) is 6.92 Å². The third-order valence-corrected chi connectivity index (χ3v) is 5.21. The zero-order chi connectivity index (χ0) is 19.0. The first-order valence-corrected chi connectivity index (χ1v) is 10.8. The van der Waals surface area contributed by atoms with E-state index in [1.54, 1.807) is 6.92 Å². The molecule has 0 aromatic rings. The summed E-state index contributed by atoms with van der Waals surface area (Å²) in [7, 11) is 0. The summed E-state index contributed by atoms with van der Waals surface area (Å²) in [5, 5.41) is 38.6. The Balaban J connectivity index is 3.34. The van der Waals surface area contributed by atoms with Crippen molar-refractivity contribution in [3.63, 3.8) is 0 Å². The predicted octanol–water partition coefficient (Wildman–Crippen LogP) is 4.67. The fraction of sp³-hybridized carbons (Fsp3) is 1.00. The molecule has 2 unspecified atom stereocenters. The van der Waals surface area contributed by atoms with E-state index in [9.17, 15) is 20.4 Å². The second kappa shape index (κ2) is 16.0. The molecule has 0 aliphatic carbocycles. The van der Waals surface area contributed by atoms with E-state index < -0.39 is 18.0 Å². The summed E-state index contributed by atoms with van der Waals surface area (Å²) in [4.78, 5) is 0. The number of unbranched alkanes of at least 4 members (excludes halogenated alkanes) is 13. The fourth-order valence-electron chi connectivity index (χ4n) is 3.22. The highest BCUT2D eigenvalue weighted by atomic mass is 16.5. The van der Waals surface area contributed by atoms with Crippen molar-refractivity contribution < 1.29 is 20.4 Å². The molecule has 0 saturated heterocycles. The molecule has 0 amide bonds. The molecule has 0 aromatic heterocycles. The van der Waals surface area contributed by atoms with Gasteiger partial charge in [-0.15, -0.1) is 0 Å². The maximum absolute atomic E-state index is 9.81. The highest BCUT2D eigenvalue weighted by Crippen LogP contribution is 2.19. The van der Waals surface area contributed by atoms with Crippen LogP contribution in [0, 0.1) is 0 Å². The Labute approximate surface area is 155 Å². The van der Waals surface area contributed by atoms with Gasteiger partial charge in [0, 0.05) is 6.42 Å². The van der Waals surface area contributed by atoms with E-state index in [1.807, 2.05) is 0 Å². The second-order valence-corrected chi connectivity index (χ2v) is 7.63. The van der Waals surface area contributed by atoms with Gasteiger partial charge in [0.05, 0.1) is 6.10 Å². The van der Waals surface area contributed by atoms with E-state index >= 15 is 0 Å². The molecule has 152 valence electrons. The van der Waals surface area contributed by atoms with E-state index in [1.165, 1.54) is 70.6 Å². The average molecular weight is 361 g/mol. The highest BCUT2D eigenvalue weighted by Gasteiger charge is 2.35. The molecule has 4 N–H and O–H groups in total. The normalized spacial score (nSPS) is 14.6. The van der Waals surface area contributed by atoms with Crippen LogP contribution in [0.25, 0.3) is 0 Å². The van der Waals surface area contributed by atoms with Crippen molar-refractivity contribution in [3.8, 4) is 0 Å². The Hall–Kier alpha value is -0.160. The van der Waals surface area contributed by atoms with Gasteiger partial charge >= 0.3 is 0 Å². The summed E-state index contributed by atoms with van der Waals surface area (Å²) < 4.78 is 0. The molecule has 2 atom stereocenters. The third kappa shape index (κ3) is 13.7. The summed E-state index contributed by atoms with van der Waals surface area (Å²) in [6.07, 6.45) is 15.7. The van der Waals surface area contributed by atoms with Crippen LogP contribution in [0.5, 0.6) is 0 Å². The number of hydrogen-bond acceptors (Lipinski definition) is 4. The molecule has 0 spiro atoms. The summed E-state index contributed by atoms with van der Waals surface area (Å²) >= 11 is 0. The van der Waals surface area contributed by atoms with E-state index in [0.717, 1.165) is 19.3 Å². The minimum absolute atomic E-state index is 0.00394. The minimum atomic E-state index is -2.19. The van der Waals surface area contributed by atoms with Crippen molar-refractivity contribution >= 4 is 0 Å². The zero-order valence-corrected chi connectivity index (χ0v) is 16.8. The molecule has 4 heteroatoms. The Kier molecular flexibility index (Phi) is 15.9. The van der Waals surface area contributed by atoms with Gasteiger partial charge in [0.25, 0.3) is 0 Å². The first-order chi connectivity index (χ1) is 12.0. The first-order valence-electron chi connectivity index (χ1n) is 10.8. The lowest BCUT2D eigenvalue weighted by atomic mass is 9.97. The van der Waals surface area contributed by atoms with Crippen LogP contribution in [0.15, 0.2) is 0 Å².